The molecule has 0 fully saturated rings. The minimum absolute atomic E-state index is 0.551. The van der Waals surface area contributed by atoms with Gasteiger partial charge in [0.2, 0.25) is 0 Å². The largest absolute Gasteiger partial charge is 0.309 e. The Morgan fingerprint density at radius 1 is 1.39 bits per heavy atom. The van der Waals surface area contributed by atoms with Gasteiger partial charge in [-0.1, -0.05) is 19.4 Å². The van der Waals surface area contributed by atoms with Gasteiger partial charge in [-0.15, -0.1) is 11.3 Å². The molecule has 0 saturated heterocycles. The summed E-state index contributed by atoms with van der Waals surface area (Å²) in [6.07, 6.45) is 4.22. The van der Waals surface area contributed by atoms with Crippen molar-refractivity contribution in [3.63, 3.8) is 0 Å². The number of hydrogen-bond donors (Lipinski definition) is 1. The van der Waals surface area contributed by atoms with Crippen molar-refractivity contribution in [1.29, 1.82) is 0 Å². The molecular formula is C14H19N3S. The van der Waals surface area contributed by atoms with Crippen molar-refractivity contribution in [3.8, 4) is 10.7 Å². The Kier molecular flexibility index (Phi) is 4.84. The van der Waals surface area contributed by atoms with Gasteiger partial charge in [0, 0.05) is 24.2 Å². The van der Waals surface area contributed by atoms with E-state index in [0.717, 1.165) is 22.9 Å². The van der Waals surface area contributed by atoms with Gasteiger partial charge in [-0.2, -0.15) is 0 Å². The molecule has 18 heavy (non-hydrogen) atoms. The van der Waals surface area contributed by atoms with Gasteiger partial charge in [-0.3, -0.25) is 4.98 Å². The van der Waals surface area contributed by atoms with Crippen molar-refractivity contribution in [2.75, 3.05) is 0 Å². The molecule has 1 atom stereocenters. The van der Waals surface area contributed by atoms with Crippen LogP contribution in [-0.4, -0.2) is 16.0 Å². The molecule has 3 nitrogen and oxygen atoms in total. The summed E-state index contributed by atoms with van der Waals surface area (Å²) >= 11 is 1.65. The second-order valence-corrected chi connectivity index (χ2v) is 5.29. The maximum atomic E-state index is 4.61. The van der Waals surface area contributed by atoms with Crippen molar-refractivity contribution < 1.29 is 0 Å². The standard InChI is InChI=1S/C14H19N3S/c1-3-6-11(2)16-9-12-10-18-14(17-12)13-7-4-5-8-15-13/h4-5,7-8,10-11,16H,3,6,9H2,1-2H3. The summed E-state index contributed by atoms with van der Waals surface area (Å²) in [4.78, 5) is 8.92. The third-order valence-corrected chi connectivity index (χ3v) is 3.70. The van der Waals surface area contributed by atoms with Crippen LogP contribution in [0.2, 0.25) is 0 Å². The zero-order valence-electron chi connectivity index (χ0n) is 10.9. The van der Waals surface area contributed by atoms with E-state index in [4.69, 9.17) is 0 Å². The molecule has 2 aromatic heterocycles. The average molecular weight is 261 g/mol. The highest BCUT2D eigenvalue weighted by atomic mass is 32.1. The van der Waals surface area contributed by atoms with Gasteiger partial charge >= 0.3 is 0 Å². The molecule has 96 valence electrons. The molecule has 0 bridgehead atoms. The molecule has 0 amide bonds. The molecular weight excluding hydrogens is 242 g/mol. The Morgan fingerprint density at radius 2 is 2.28 bits per heavy atom. The van der Waals surface area contributed by atoms with Gasteiger partial charge < -0.3 is 5.32 Å². The number of thiazole rings is 1. The summed E-state index contributed by atoms with van der Waals surface area (Å²) in [5.41, 5.74) is 2.05. The second kappa shape index (κ2) is 6.61. The topological polar surface area (TPSA) is 37.8 Å². The Labute approximate surface area is 112 Å². The summed E-state index contributed by atoms with van der Waals surface area (Å²) in [6, 6.07) is 6.46. The van der Waals surface area contributed by atoms with Crippen LogP contribution in [-0.2, 0) is 6.54 Å². The predicted octanol–water partition coefficient (Wildman–Crippen LogP) is 3.48. The van der Waals surface area contributed by atoms with Crippen LogP contribution in [0.3, 0.4) is 0 Å². The van der Waals surface area contributed by atoms with E-state index in [2.05, 4.69) is 34.5 Å². The van der Waals surface area contributed by atoms with Gasteiger partial charge in [0.25, 0.3) is 0 Å². The van der Waals surface area contributed by atoms with E-state index in [0.29, 0.717) is 6.04 Å². The molecule has 0 radical (unpaired) electrons. The highest BCUT2D eigenvalue weighted by molar-refractivity contribution is 7.13. The Bertz CT molecular complexity index is 467. The molecule has 1 N–H and O–H groups in total. The molecule has 0 aliphatic rings. The van der Waals surface area contributed by atoms with Gasteiger partial charge in [0.15, 0.2) is 0 Å². The van der Waals surface area contributed by atoms with Gasteiger partial charge in [0.1, 0.15) is 5.01 Å². The highest BCUT2D eigenvalue weighted by Crippen LogP contribution is 2.21. The van der Waals surface area contributed by atoms with Gasteiger partial charge in [-0.25, -0.2) is 4.98 Å². The first-order valence-electron chi connectivity index (χ1n) is 6.38. The first kappa shape index (κ1) is 13.2. The molecule has 0 aromatic carbocycles. The highest BCUT2D eigenvalue weighted by Gasteiger charge is 2.06. The van der Waals surface area contributed by atoms with E-state index in [1.165, 1.54) is 12.8 Å². The van der Waals surface area contributed by atoms with Crippen LogP contribution >= 0.6 is 11.3 Å². The predicted molar refractivity (Wildman–Crippen MR) is 76.6 cm³/mol. The molecule has 2 heterocycles. The van der Waals surface area contributed by atoms with Crippen LogP contribution in [0.25, 0.3) is 10.7 Å². The van der Waals surface area contributed by atoms with Crippen molar-refractivity contribution in [2.45, 2.75) is 39.3 Å². The number of aromatic nitrogens is 2. The summed E-state index contributed by atoms with van der Waals surface area (Å²) in [6.45, 7) is 5.26. The van der Waals surface area contributed by atoms with Crippen molar-refractivity contribution >= 4 is 11.3 Å². The Hall–Kier alpha value is -1.26. The van der Waals surface area contributed by atoms with Gasteiger partial charge in [0.05, 0.1) is 11.4 Å². The fraction of sp³-hybridized carbons (Fsp3) is 0.429. The fourth-order valence-electron chi connectivity index (χ4n) is 1.81. The minimum atomic E-state index is 0.551. The molecule has 0 spiro atoms. The minimum Gasteiger partial charge on any atom is -0.309 e. The number of hydrogen-bond acceptors (Lipinski definition) is 4. The number of nitrogens with zero attached hydrogens (tertiary/aromatic N) is 2. The third-order valence-electron chi connectivity index (χ3n) is 2.79. The normalized spacial score (nSPS) is 12.6. The lowest BCUT2D eigenvalue weighted by atomic mass is 10.2. The number of rotatable bonds is 6. The van der Waals surface area contributed by atoms with Gasteiger partial charge in [-0.05, 0) is 25.5 Å². The average Bonchev–Trinajstić information content (AvgIpc) is 2.87. The van der Waals surface area contributed by atoms with Crippen LogP contribution < -0.4 is 5.32 Å². The molecule has 0 saturated carbocycles. The molecule has 0 aliphatic heterocycles. The van der Waals surface area contributed by atoms with E-state index >= 15 is 0 Å². The summed E-state index contributed by atoms with van der Waals surface area (Å²) in [5.74, 6) is 0. The molecule has 1 unspecified atom stereocenters. The van der Waals surface area contributed by atoms with Crippen LogP contribution in [0.5, 0.6) is 0 Å². The second-order valence-electron chi connectivity index (χ2n) is 4.43. The summed E-state index contributed by atoms with van der Waals surface area (Å²) < 4.78 is 0. The zero-order valence-corrected chi connectivity index (χ0v) is 11.7. The zero-order chi connectivity index (χ0) is 12.8. The summed E-state index contributed by atoms with van der Waals surface area (Å²) in [5, 5.41) is 6.59. The lowest BCUT2D eigenvalue weighted by molar-refractivity contribution is 0.505. The lowest BCUT2D eigenvalue weighted by Crippen LogP contribution is -2.25. The molecule has 2 rings (SSSR count). The van der Waals surface area contributed by atoms with Crippen LogP contribution in [0.15, 0.2) is 29.8 Å². The van der Waals surface area contributed by atoms with Crippen molar-refractivity contribution in [1.82, 2.24) is 15.3 Å². The Morgan fingerprint density at radius 3 is 3.00 bits per heavy atom. The molecule has 0 aliphatic carbocycles. The van der Waals surface area contributed by atoms with Crippen LogP contribution in [0.1, 0.15) is 32.4 Å². The summed E-state index contributed by atoms with van der Waals surface area (Å²) in [7, 11) is 0. The molecule has 2 aromatic rings. The smallest absolute Gasteiger partial charge is 0.142 e. The quantitative estimate of drug-likeness (QED) is 0.865. The molecule has 4 heteroatoms. The monoisotopic (exact) mass is 261 g/mol. The van der Waals surface area contributed by atoms with E-state index < -0.39 is 0 Å². The van der Waals surface area contributed by atoms with E-state index in [1.54, 1.807) is 17.5 Å². The van der Waals surface area contributed by atoms with Crippen molar-refractivity contribution in [3.05, 3.63) is 35.5 Å². The fourth-order valence-corrected chi connectivity index (χ4v) is 2.60. The number of nitrogens with one attached hydrogen (secondary N) is 1. The van der Waals surface area contributed by atoms with E-state index in [9.17, 15) is 0 Å². The Balaban J connectivity index is 1.95. The first-order chi connectivity index (χ1) is 8.79. The van der Waals surface area contributed by atoms with E-state index in [1.807, 2.05) is 18.2 Å². The van der Waals surface area contributed by atoms with Crippen LogP contribution in [0, 0.1) is 0 Å². The lowest BCUT2D eigenvalue weighted by Gasteiger charge is -2.10. The maximum Gasteiger partial charge on any atom is 0.142 e. The number of pyridine rings is 1. The van der Waals surface area contributed by atoms with E-state index in [-0.39, 0.29) is 0 Å². The van der Waals surface area contributed by atoms with Crippen molar-refractivity contribution in [2.24, 2.45) is 0 Å². The first-order valence-corrected chi connectivity index (χ1v) is 7.26. The third kappa shape index (κ3) is 3.62. The van der Waals surface area contributed by atoms with Crippen LogP contribution in [0.4, 0.5) is 0 Å². The maximum absolute atomic E-state index is 4.61. The SMILES string of the molecule is CCCC(C)NCc1csc(-c2ccccn2)n1.